The Labute approximate surface area is 200 Å². The standard InChI is InChI=1S/C26H33N5O3/c32-24(30-18-16-29(17-19-30)23-11-5-2-6-12-23)13-14-27-25(33)21-8-7-15-31(20-21)26(34)28-22-9-3-1-4-10-22/h1-6,9-12,21H,7-8,13-20H2,(H,27,33)(H,28,34). The van der Waals surface area contributed by atoms with Crippen LogP contribution in [0.5, 0.6) is 0 Å². The van der Waals surface area contributed by atoms with E-state index in [1.165, 1.54) is 5.69 Å². The van der Waals surface area contributed by atoms with Gasteiger partial charge in [0.2, 0.25) is 11.8 Å². The summed E-state index contributed by atoms with van der Waals surface area (Å²) in [5.41, 5.74) is 1.92. The maximum atomic E-state index is 12.7. The second-order valence-electron chi connectivity index (χ2n) is 8.83. The van der Waals surface area contributed by atoms with Gasteiger partial charge in [0, 0.05) is 63.6 Å². The van der Waals surface area contributed by atoms with Crippen LogP contribution in [0, 0.1) is 5.92 Å². The molecule has 180 valence electrons. The molecule has 2 N–H and O–H groups in total. The Hall–Kier alpha value is -3.55. The van der Waals surface area contributed by atoms with Crippen LogP contribution in [0.2, 0.25) is 0 Å². The molecule has 0 aliphatic carbocycles. The lowest BCUT2D eigenvalue weighted by molar-refractivity contribution is -0.131. The average molecular weight is 464 g/mol. The number of piperidine rings is 1. The summed E-state index contributed by atoms with van der Waals surface area (Å²) in [5.74, 6) is -0.265. The molecule has 1 atom stereocenters. The van der Waals surface area contributed by atoms with E-state index in [0.717, 1.165) is 31.6 Å². The first-order valence-corrected chi connectivity index (χ1v) is 12.1. The van der Waals surface area contributed by atoms with Crippen molar-refractivity contribution >= 4 is 29.2 Å². The van der Waals surface area contributed by atoms with Crippen LogP contribution in [-0.4, -0.2) is 73.5 Å². The molecule has 2 fully saturated rings. The van der Waals surface area contributed by atoms with Gasteiger partial charge in [-0.3, -0.25) is 9.59 Å². The molecule has 2 aliphatic heterocycles. The average Bonchev–Trinajstić information content (AvgIpc) is 2.90. The number of nitrogens with zero attached hydrogens (tertiary/aromatic N) is 3. The van der Waals surface area contributed by atoms with Crippen molar-refractivity contribution in [3.8, 4) is 0 Å². The minimum Gasteiger partial charge on any atom is -0.368 e. The molecule has 2 aliphatic rings. The van der Waals surface area contributed by atoms with E-state index < -0.39 is 0 Å². The normalized spacial score (nSPS) is 18.4. The Morgan fingerprint density at radius 2 is 1.50 bits per heavy atom. The van der Waals surface area contributed by atoms with Gasteiger partial charge in [0.25, 0.3) is 0 Å². The number of nitrogens with one attached hydrogen (secondary N) is 2. The number of urea groups is 1. The first kappa shape index (κ1) is 23.6. The predicted octanol–water partition coefficient (Wildman–Crippen LogP) is 2.79. The highest BCUT2D eigenvalue weighted by Gasteiger charge is 2.28. The fourth-order valence-electron chi connectivity index (χ4n) is 4.55. The van der Waals surface area contributed by atoms with Gasteiger partial charge in [0.1, 0.15) is 0 Å². The monoisotopic (exact) mass is 463 g/mol. The molecule has 8 nitrogen and oxygen atoms in total. The first-order chi connectivity index (χ1) is 16.6. The van der Waals surface area contributed by atoms with Gasteiger partial charge >= 0.3 is 6.03 Å². The maximum absolute atomic E-state index is 12.7. The van der Waals surface area contributed by atoms with Gasteiger partial charge < -0.3 is 25.3 Å². The van der Waals surface area contributed by atoms with Crippen LogP contribution in [-0.2, 0) is 9.59 Å². The fraction of sp³-hybridized carbons (Fsp3) is 0.423. The molecule has 0 spiro atoms. The highest BCUT2D eigenvalue weighted by molar-refractivity contribution is 5.90. The highest BCUT2D eigenvalue weighted by atomic mass is 16.2. The van der Waals surface area contributed by atoms with Gasteiger partial charge in [-0.2, -0.15) is 0 Å². The summed E-state index contributed by atoms with van der Waals surface area (Å²) in [7, 11) is 0. The van der Waals surface area contributed by atoms with E-state index in [9.17, 15) is 14.4 Å². The summed E-state index contributed by atoms with van der Waals surface area (Å²) in [6.45, 7) is 4.35. The molecular formula is C26H33N5O3. The van der Waals surface area contributed by atoms with E-state index in [4.69, 9.17) is 0 Å². The van der Waals surface area contributed by atoms with Crippen molar-refractivity contribution in [2.75, 3.05) is 56.0 Å². The lowest BCUT2D eigenvalue weighted by Gasteiger charge is -2.36. The molecule has 2 aromatic carbocycles. The molecule has 34 heavy (non-hydrogen) atoms. The number of rotatable bonds is 6. The third-order valence-corrected chi connectivity index (χ3v) is 6.50. The molecule has 8 heteroatoms. The second kappa shape index (κ2) is 11.5. The van der Waals surface area contributed by atoms with E-state index in [1.807, 2.05) is 53.4 Å². The molecule has 4 rings (SSSR count). The van der Waals surface area contributed by atoms with Crippen LogP contribution in [0.4, 0.5) is 16.2 Å². The number of benzene rings is 2. The summed E-state index contributed by atoms with van der Waals surface area (Å²) in [4.78, 5) is 43.7. The number of para-hydroxylation sites is 2. The fourth-order valence-corrected chi connectivity index (χ4v) is 4.55. The summed E-state index contributed by atoms with van der Waals surface area (Å²) < 4.78 is 0. The molecule has 1 unspecified atom stereocenters. The zero-order valence-corrected chi connectivity index (χ0v) is 19.5. The number of amides is 4. The zero-order chi connectivity index (χ0) is 23.8. The highest BCUT2D eigenvalue weighted by Crippen LogP contribution is 2.19. The quantitative estimate of drug-likeness (QED) is 0.690. The maximum Gasteiger partial charge on any atom is 0.321 e. The third kappa shape index (κ3) is 6.27. The van der Waals surface area contributed by atoms with Gasteiger partial charge in [0.05, 0.1) is 5.92 Å². The minimum absolute atomic E-state index is 0.0699. The molecule has 0 bridgehead atoms. The van der Waals surface area contributed by atoms with Crippen LogP contribution in [0.25, 0.3) is 0 Å². The topological polar surface area (TPSA) is 85.0 Å². The molecule has 0 aromatic heterocycles. The van der Waals surface area contributed by atoms with E-state index >= 15 is 0 Å². The van der Waals surface area contributed by atoms with Crippen LogP contribution in [0.3, 0.4) is 0 Å². The molecule has 2 heterocycles. The number of piperazine rings is 1. The van der Waals surface area contributed by atoms with Crippen molar-refractivity contribution in [1.82, 2.24) is 15.1 Å². The second-order valence-corrected chi connectivity index (χ2v) is 8.83. The van der Waals surface area contributed by atoms with Gasteiger partial charge in [0.15, 0.2) is 0 Å². The molecule has 2 saturated heterocycles. The molecule has 2 aromatic rings. The van der Waals surface area contributed by atoms with Gasteiger partial charge in [-0.1, -0.05) is 36.4 Å². The summed E-state index contributed by atoms with van der Waals surface area (Å²) in [6, 6.07) is 19.3. The summed E-state index contributed by atoms with van der Waals surface area (Å²) in [5, 5.41) is 5.79. The molecule has 4 amide bonds. The van der Waals surface area contributed by atoms with Gasteiger partial charge in [-0.15, -0.1) is 0 Å². The molecular weight excluding hydrogens is 430 g/mol. The number of hydrogen-bond acceptors (Lipinski definition) is 4. The largest absolute Gasteiger partial charge is 0.368 e. The number of carbonyl (C=O) groups is 3. The van der Waals surface area contributed by atoms with Crippen molar-refractivity contribution in [2.24, 2.45) is 5.92 Å². The Morgan fingerprint density at radius 3 is 2.21 bits per heavy atom. The van der Waals surface area contributed by atoms with E-state index in [0.29, 0.717) is 39.1 Å². The number of hydrogen-bond donors (Lipinski definition) is 2. The van der Waals surface area contributed by atoms with Crippen LogP contribution in [0.1, 0.15) is 19.3 Å². The first-order valence-electron chi connectivity index (χ1n) is 12.1. The van der Waals surface area contributed by atoms with E-state index in [2.05, 4.69) is 27.7 Å². The lowest BCUT2D eigenvalue weighted by atomic mass is 9.97. The smallest absolute Gasteiger partial charge is 0.321 e. The summed E-state index contributed by atoms with van der Waals surface area (Å²) >= 11 is 0. The zero-order valence-electron chi connectivity index (χ0n) is 19.5. The molecule has 0 saturated carbocycles. The van der Waals surface area contributed by atoms with Crippen LogP contribution >= 0.6 is 0 Å². The Bertz CT molecular complexity index is 961. The van der Waals surface area contributed by atoms with Crippen LogP contribution in [0.15, 0.2) is 60.7 Å². The Kier molecular flexibility index (Phi) is 8.01. The van der Waals surface area contributed by atoms with Gasteiger partial charge in [-0.05, 0) is 37.1 Å². The van der Waals surface area contributed by atoms with Crippen molar-refractivity contribution in [1.29, 1.82) is 0 Å². The Morgan fingerprint density at radius 1 is 0.824 bits per heavy atom. The van der Waals surface area contributed by atoms with E-state index in [-0.39, 0.29) is 23.8 Å². The van der Waals surface area contributed by atoms with Crippen molar-refractivity contribution in [2.45, 2.75) is 19.3 Å². The number of likely N-dealkylation sites (tertiary alicyclic amines) is 1. The number of anilines is 2. The van der Waals surface area contributed by atoms with Crippen LogP contribution < -0.4 is 15.5 Å². The lowest BCUT2D eigenvalue weighted by Crippen LogP contribution is -2.50. The molecule has 0 radical (unpaired) electrons. The SMILES string of the molecule is O=C(NCCC(=O)N1CCN(c2ccccc2)CC1)C1CCCN(C(=O)Nc2ccccc2)C1. The van der Waals surface area contributed by atoms with Crippen molar-refractivity contribution in [3.63, 3.8) is 0 Å². The minimum atomic E-state index is -0.250. The number of carbonyl (C=O) groups excluding carboxylic acids is 3. The van der Waals surface area contributed by atoms with Gasteiger partial charge in [-0.25, -0.2) is 4.79 Å². The predicted molar refractivity (Wildman–Crippen MR) is 133 cm³/mol. The third-order valence-electron chi connectivity index (χ3n) is 6.50. The van der Waals surface area contributed by atoms with E-state index in [1.54, 1.807) is 4.90 Å². The van der Waals surface area contributed by atoms with Crippen molar-refractivity contribution in [3.05, 3.63) is 60.7 Å². The van der Waals surface area contributed by atoms with Crippen molar-refractivity contribution < 1.29 is 14.4 Å². The summed E-state index contributed by atoms with van der Waals surface area (Å²) in [6.07, 6.45) is 1.82. The Balaban J connectivity index is 1.16.